The molecule has 0 aliphatic carbocycles. The molecule has 0 N–H and O–H groups in total. The monoisotopic (exact) mass is 426 g/mol. The van der Waals surface area contributed by atoms with E-state index in [4.69, 9.17) is 9.47 Å². The van der Waals surface area contributed by atoms with E-state index in [1.165, 1.54) is 16.9 Å². The Morgan fingerprint density at radius 1 is 1.07 bits per heavy atom. The molecule has 0 atom stereocenters. The van der Waals surface area contributed by atoms with Gasteiger partial charge in [0, 0.05) is 13.2 Å². The van der Waals surface area contributed by atoms with Crippen LogP contribution in [-0.4, -0.2) is 30.3 Å². The van der Waals surface area contributed by atoms with E-state index >= 15 is 0 Å². The first-order valence-electron chi connectivity index (χ1n) is 10.4. The zero-order valence-electron chi connectivity index (χ0n) is 18.4. The molecule has 1 aromatic heterocycles. The molecule has 3 aromatic rings. The first-order chi connectivity index (χ1) is 14.4. The minimum absolute atomic E-state index is 0.133. The van der Waals surface area contributed by atoms with Gasteiger partial charge in [0.05, 0.1) is 29.9 Å². The smallest absolute Gasteiger partial charge is 0.252 e. The number of aromatic nitrogens is 1. The molecule has 160 valence electrons. The van der Waals surface area contributed by atoms with Crippen LogP contribution < -0.4 is 9.54 Å². The molecule has 0 spiro atoms. The Labute approximate surface area is 182 Å². The van der Waals surface area contributed by atoms with Gasteiger partial charge in [0.1, 0.15) is 5.75 Å². The molecule has 0 aliphatic heterocycles. The molecule has 0 aliphatic rings. The molecule has 6 heteroatoms. The topological polar surface area (TPSA) is 52.8 Å². The van der Waals surface area contributed by atoms with Gasteiger partial charge in [-0.15, -0.1) is 0 Å². The number of hydrogen-bond donors (Lipinski definition) is 0. The molecule has 0 saturated carbocycles. The summed E-state index contributed by atoms with van der Waals surface area (Å²) in [5.74, 6) is 0.693. The number of thiazole rings is 1. The van der Waals surface area contributed by atoms with Gasteiger partial charge in [-0.2, -0.15) is 4.99 Å². The Kier molecular flexibility index (Phi) is 7.45. The Balaban J connectivity index is 1.98. The van der Waals surface area contributed by atoms with Gasteiger partial charge in [-0.25, -0.2) is 0 Å². The number of aryl methyl sites for hydroxylation is 3. The summed E-state index contributed by atoms with van der Waals surface area (Å²) in [6.07, 6.45) is 0.307. The van der Waals surface area contributed by atoms with Gasteiger partial charge in [0.25, 0.3) is 5.91 Å². The van der Waals surface area contributed by atoms with Gasteiger partial charge in [-0.3, -0.25) is 4.79 Å². The van der Waals surface area contributed by atoms with Crippen LogP contribution in [-0.2, 0) is 22.5 Å². The van der Waals surface area contributed by atoms with Crippen LogP contribution >= 0.6 is 11.3 Å². The van der Waals surface area contributed by atoms with Crippen LogP contribution in [0.1, 0.15) is 36.1 Å². The molecule has 0 radical (unpaired) electrons. The molecule has 2 aromatic carbocycles. The van der Waals surface area contributed by atoms with Crippen molar-refractivity contribution in [2.45, 2.75) is 47.6 Å². The van der Waals surface area contributed by atoms with Crippen molar-refractivity contribution in [2.24, 2.45) is 4.99 Å². The summed E-state index contributed by atoms with van der Waals surface area (Å²) in [5, 5.41) is 0. The molecule has 30 heavy (non-hydrogen) atoms. The van der Waals surface area contributed by atoms with Crippen LogP contribution in [0.5, 0.6) is 5.75 Å². The molecular weight excluding hydrogens is 396 g/mol. The lowest BCUT2D eigenvalue weighted by Crippen LogP contribution is -2.20. The highest BCUT2D eigenvalue weighted by atomic mass is 32.1. The van der Waals surface area contributed by atoms with E-state index < -0.39 is 0 Å². The molecular formula is C24H30N2O3S. The van der Waals surface area contributed by atoms with Crippen molar-refractivity contribution in [3.8, 4) is 5.75 Å². The quantitative estimate of drug-likeness (QED) is 0.489. The summed E-state index contributed by atoms with van der Waals surface area (Å²) in [4.78, 5) is 18.1. The van der Waals surface area contributed by atoms with E-state index in [0.29, 0.717) is 37.6 Å². The van der Waals surface area contributed by atoms with Gasteiger partial charge in [0.2, 0.25) is 0 Å². The normalized spacial score (nSPS) is 12.0. The van der Waals surface area contributed by atoms with Crippen molar-refractivity contribution in [1.82, 2.24) is 4.57 Å². The van der Waals surface area contributed by atoms with Gasteiger partial charge < -0.3 is 14.0 Å². The summed E-state index contributed by atoms with van der Waals surface area (Å²) < 4.78 is 14.3. The zero-order valence-corrected chi connectivity index (χ0v) is 19.3. The number of nitrogens with zero attached hydrogens (tertiary/aromatic N) is 2. The van der Waals surface area contributed by atoms with Crippen molar-refractivity contribution in [3.05, 3.63) is 57.4 Å². The van der Waals surface area contributed by atoms with Crippen molar-refractivity contribution in [1.29, 1.82) is 0 Å². The standard InChI is InChI=1S/C24H30N2O3S/c1-6-28-11-10-26-21-9-8-19(29-7-2)14-22(21)30-24(26)25-23(27)15-20-17(4)12-16(3)13-18(20)5/h8-9,12-14H,6-7,10-11,15H2,1-5H3. The fourth-order valence-corrected chi connectivity index (χ4v) is 4.80. The molecule has 0 bridgehead atoms. The van der Waals surface area contributed by atoms with Crippen LogP contribution in [0.25, 0.3) is 10.2 Å². The van der Waals surface area contributed by atoms with E-state index in [-0.39, 0.29) is 5.91 Å². The Bertz CT molecular complexity index is 1090. The molecule has 0 unspecified atom stereocenters. The summed E-state index contributed by atoms with van der Waals surface area (Å²) in [7, 11) is 0. The number of amides is 1. The lowest BCUT2D eigenvalue weighted by Gasteiger charge is -2.09. The van der Waals surface area contributed by atoms with Gasteiger partial charge >= 0.3 is 0 Å². The summed E-state index contributed by atoms with van der Waals surface area (Å²) >= 11 is 1.51. The van der Waals surface area contributed by atoms with E-state index in [0.717, 1.165) is 32.7 Å². The molecule has 0 fully saturated rings. The summed E-state index contributed by atoms with van der Waals surface area (Å²) in [6.45, 7) is 12.6. The minimum atomic E-state index is -0.133. The molecule has 0 saturated heterocycles. The fourth-order valence-electron chi connectivity index (χ4n) is 3.70. The number of fused-ring (bicyclic) bond motifs is 1. The molecule has 3 rings (SSSR count). The highest BCUT2D eigenvalue weighted by molar-refractivity contribution is 7.16. The van der Waals surface area contributed by atoms with Crippen molar-refractivity contribution < 1.29 is 14.3 Å². The van der Waals surface area contributed by atoms with Crippen LogP contribution in [0.15, 0.2) is 35.3 Å². The third-order valence-corrected chi connectivity index (χ3v) is 6.06. The van der Waals surface area contributed by atoms with Gasteiger partial charge in [-0.1, -0.05) is 29.0 Å². The average molecular weight is 427 g/mol. The minimum Gasteiger partial charge on any atom is -0.494 e. The van der Waals surface area contributed by atoms with E-state index in [1.54, 1.807) is 0 Å². The summed E-state index contributed by atoms with van der Waals surface area (Å²) in [6, 6.07) is 10.2. The maximum atomic E-state index is 12.9. The number of carbonyl (C=O) groups excluding carboxylic acids is 1. The number of benzene rings is 2. The van der Waals surface area contributed by atoms with E-state index in [2.05, 4.69) is 42.5 Å². The first kappa shape index (κ1) is 22.2. The van der Waals surface area contributed by atoms with E-state index in [9.17, 15) is 4.79 Å². The van der Waals surface area contributed by atoms with Crippen molar-refractivity contribution in [2.75, 3.05) is 19.8 Å². The highest BCUT2D eigenvalue weighted by Gasteiger charge is 2.12. The lowest BCUT2D eigenvalue weighted by atomic mass is 9.97. The zero-order chi connectivity index (χ0) is 21.7. The predicted octanol–water partition coefficient (Wildman–Crippen LogP) is 4.73. The summed E-state index contributed by atoms with van der Waals surface area (Å²) in [5.41, 5.74) is 5.59. The van der Waals surface area contributed by atoms with Crippen LogP contribution in [0.3, 0.4) is 0 Å². The second-order valence-electron chi connectivity index (χ2n) is 7.36. The SMILES string of the molecule is CCOCCn1c(=NC(=O)Cc2c(C)cc(C)cc2C)sc2cc(OCC)ccc21. The lowest BCUT2D eigenvalue weighted by molar-refractivity contribution is -0.117. The fraction of sp³-hybridized carbons (Fsp3) is 0.417. The maximum absolute atomic E-state index is 12.9. The van der Waals surface area contributed by atoms with Crippen molar-refractivity contribution in [3.63, 3.8) is 0 Å². The maximum Gasteiger partial charge on any atom is 0.252 e. The second-order valence-corrected chi connectivity index (χ2v) is 8.36. The Morgan fingerprint density at radius 3 is 2.47 bits per heavy atom. The first-order valence-corrected chi connectivity index (χ1v) is 11.2. The largest absolute Gasteiger partial charge is 0.494 e. The van der Waals surface area contributed by atoms with Crippen LogP contribution in [0.4, 0.5) is 0 Å². The molecule has 1 heterocycles. The number of carbonyl (C=O) groups is 1. The number of hydrogen-bond acceptors (Lipinski definition) is 4. The van der Waals surface area contributed by atoms with Crippen LogP contribution in [0.2, 0.25) is 0 Å². The highest BCUT2D eigenvalue weighted by Crippen LogP contribution is 2.24. The van der Waals surface area contributed by atoms with Gasteiger partial charge in [0.15, 0.2) is 4.80 Å². The third kappa shape index (κ3) is 5.18. The Hall–Kier alpha value is -2.44. The van der Waals surface area contributed by atoms with Crippen molar-refractivity contribution >= 4 is 27.5 Å². The second kappa shape index (κ2) is 10.0. The number of rotatable bonds is 8. The average Bonchev–Trinajstić information content (AvgIpc) is 3.01. The number of ether oxygens (including phenoxy) is 2. The van der Waals surface area contributed by atoms with E-state index in [1.807, 2.05) is 32.0 Å². The third-order valence-electron chi connectivity index (χ3n) is 5.02. The van der Waals surface area contributed by atoms with Gasteiger partial charge in [-0.05, 0) is 69.5 Å². The Morgan fingerprint density at radius 2 is 1.80 bits per heavy atom. The molecule has 1 amide bonds. The predicted molar refractivity (Wildman–Crippen MR) is 122 cm³/mol. The molecule has 5 nitrogen and oxygen atoms in total. The van der Waals surface area contributed by atoms with Crippen LogP contribution in [0, 0.1) is 20.8 Å².